The number of H-pyrrole nitrogens is 1. The van der Waals surface area contributed by atoms with Crippen LogP contribution in [0.3, 0.4) is 0 Å². The van der Waals surface area contributed by atoms with Gasteiger partial charge >= 0.3 is 0 Å². The highest BCUT2D eigenvalue weighted by atomic mass is 79.9. The van der Waals surface area contributed by atoms with Crippen LogP contribution in [0.15, 0.2) is 46.9 Å². The normalized spacial score (nSPS) is 16.3. The summed E-state index contributed by atoms with van der Waals surface area (Å²) >= 11 is 3.38. The van der Waals surface area contributed by atoms with E-state index in [1.54, 1.807) is 11.0 Å². The molecule has 0 aliphatic carbocycles. The Balaban J connectivity index is 1.52. The van der Waals surface area contributed by atoms with Gasteiger partial charge in [-0.1, -0.05) is 40.2 Å². The number of aromatic nitrogens is 2. The Morgan fingerprint density at radius 3 is 2.77 bits per heavy atom. The summed E-state index contributed by atoms with van der Waals surface area (Å²) in [5.74, 6) is -0.315. The Morgan fingerprint density at radius 2 is 1.96 bits per heavy atom. The molecule has 0 bridgehead atoms. The van der Waals surface area contributed by atoms with Crippen LogP contribution in [0.4, 0.5) is 0 Å². The summed E-state index contributed by atoms with van der Waals surface area (Å²) in [6, 6.07) is 13.4. The number of aliphatic hydroxyl groups is 2. The first-order chi connectivity index (χ1) is 12.5. The summed E-state index contributed by atoms with van der Waals surface area (Å²) in [5.41, 5.74) is 3.67. The molecule has 6 nitrogen and oxygen atoms in total. The maximum absolute atomic E-state index is 12.7. The first-order valence-electron chi connectivity index (χ1n) is 8.40. The van der Waals surface area contributed by atoms with E-state index in [1.165, 1.54) is 5.56 Å². The molecule has 1 amide bonds. The van der Waals surface area contributed by atoms with Crippen LogP contribution in [0, 0.1) is 0 Å². The molecule has 0 radical (unpaired) electrons. The zero-order valence-corrected chi connectivity index (χ0v) is 15.5. The van der Waals surface area contributed by atoms with E-state index in [-0.39, 0.29) is 5.82 Å². The van der Waals surface area contributed by atoms with Crippen molar-refractivity contribution >= 4 is 32.9 Å². The van der Waals surface area contributed by atoms with Gasteiger partial charge in [-0.05, 0) is 35.7 Å². The van der Waals surface area contributed by atoms with E-state index in [0.717, 1.165) is 22.0 Å². The SMILES string of the molecule is O=C([C@H](O)[C@@H](O)c1nc2ccc(Br)cc2[nH]1)N1CCc2ccccc2C1. The standard InChI is InChI=1S/C19H18BrN3O3/c20-13-5-6-14-15(9-13)22-18(21-14)16(24)17(25)19(26)23-8-7-11-3-1-2-4-12(11)10-23/h1-6,9,16-17,24-25H,7-8,10H2,(H,21,22)/t16-,17-/m1/s1. The third-order valence-corrected chi connectivity index (χ3v) is 5.23. The van der Waals surface area contributed by atoms with Crippen molar-refractivity contribution in [1.82, 2.24) is 14.9 Å². The number of carbonyl (C=O) groups is 1. The van der Waals surface area contributed by atoms with Crippen molar-refractivity contribution in [3.8, 4) is 0 Å². The van der Waals surface area contributed by atoms with Crippen LogP contribution in [0.25, 0.3) is 11.0 Å². The molecule has 4 rings (SSSR count). The van der Waals surface area contributed by atoms with Gasteiger partial charge in [0.25, 0.3) is 5.91 Å². The fourth-order valence-electron chi connectivity index (χ4n) is 3.30. The number of hydrogen-bond acceptors (Lipinski definition) is 4. The van der Waals surface area contributed by atoms with Crippen molar-refractivity contribution in [3.63, 3.8) is 0 Å². The minimum absolute atomic E-state index is 0.177. The van der Waals surface area contributed by atoms with E-state index >= 15 is 0 Å². The van der Waals surface area contributed by atoms with Gasteiger partial charge in [-0.25, -0.2) is 4.98 Å². The minimum atomic E-state index is -1.57. The topological polar surface area (TPSA) is 89.5 Å². The third-order valence-electron chi connectivity index (χ3n) is 4.74. The summed E-state index contributed by atoms with van der Waals surface area (Å²) in [6.45, 7) is 0.957. The Kier molecular flexibility index (Phi) is 4.52. The van der Waals surface area contributed by atoms with E-state index in [4.69, 9.17) is 0 Å². The Bertz CT molecular complexity index is 972. The van der Waals surface area contributed by atoms with Crippen LogP contribution in [0.5, 0.6) is 0 Å². The van der Waals surface area contributed by atoms with Crippen LogP contribution < -0.4 is 0 Å². The zero-order chi connectivity index (χ0) is 18.3. The lowest BCUT2D eigenvalue weighted by Gasteiger charge is -2.31. The number of fused-ring (bicyclic) bond motifs is 2. The monoisotopic (exact) mass is 415 g/mol. The molecule has 0 fully saturated rings. The molecule has 2 aromatic carbocycles. The van der Waals surface area contributed by atoms with E-state index in [1.807, 2.05) is 30.3 Å². The Morgan fingerprint density at radius 1 is 1.19 bits per heavy atom. The second kappa shape index (κ2) is 6.83. The Hall–Kier alpha value is -2.22. The van der Waals surface area contributed by atoms with Gasteiger partial charge in [0.05, 0.1) is 11.0 Å². The number of aromatic amines is 1. The summed E-state index contributed by atoms with van der Waals surface area (Å²) in [4.78, 5) is 21.5. The lowest BCUT2D eigenvalue weighted by atomic mass is 9.99. The van der Waals surface area contributed by atoms with Crippen molar-refractivity contribution in [1.29, 1.82) is 0 Å². The number of nitrogens with zero attached hydrogens (tertiary/aromatic N) is 2. The molecule has 134 valence electrons. The molecule has 2 heterocycles. The largest absolute Gasteiger partial charge is 0.382 e. The van der Waals surface area contributed by atoms with Crippen LogP contribution >= 0.6 is 15.9 Å². The third kappa shape index (κ3) is 3.13. The maximum atomic E-state index is 12.7. The average molecular weight is 416 g/mol. The van der Waals surface area contributed by atoms with E-state index in [2.05, 4.69) is 32.0 Å². The van der Waals surface area contributed by atoms with Gasteiger partial charge in [-0.2, -0.15) is 0 Å². The number of aliphatic hydroxyl groups excluding tert-OH is 2. The fourth-order valence-corrected chi connectivity index (χ4v) is 3.66. The van der Waals surface area contributed by atoms with E-state index in [9.17, 15) is 15.0 Å². The molecule has 1 aromatic heterocycles. The number of imidazole rings is 1. The van der Waals surface area contributed by atoms with Gasteiger partial charge in [0.1, 0.15) is 11.9 Å². The Labute approximate surface area is 158 Å². The molecule has 0 spiro atoms. The number of rotatable bonds is 3. The van der Waals surface area contributed by atoms with E-state index < -0.39 is 18.1 Å². The number of hydrogen-bond donors (Lipinski definition) is 3. The summed E-state index contributed by atoms with van der Waals surface area (Å²) in [6.07, 6.45) is -2.24. The predicted octanol–water partition coefficient (Wildman–Crippen LogP) is 2.30. The first-order valence-corrected chi connectivity index (χ1v) is 9.19. The number of amides is 1. The number of carbonyl (C=O) groups excluding carboxylic acids is 1. The van der Waals surface area contributed by atoms with E-state index in [0.29, 0.717) is 18.6 Å². The molecule has 3 aromatic rings. The molecule has 0 saturated carbocycles. The van der Waals surface area contributed by atoms with Crippen LogP contribution in [0.2, 0.25) is 0 Å². The van der Waals surface area contributed by atoms with Gasteiger partial charge < -0.3 is 20.1 Å². The quantitative estimate of drug-likeness (QED) is 0.612. The highest BCUT2D eigenvalue weighted by Crippen LogP contribution is 2.24. The van der Waals surface area contributed by atoms with Crippen LogP contribution in [0.1, 0.15) is 23.1 Å². The second-order valence-corrected chi connectivity index (χ2v) is 7.37. The zero-order valence-electron chi connectivity index (χ0n) is 13.9. The molecule has 3 N–H and O–H groups in total. The highest BCUT2D eigenvalue weighted by Gasteiger charge is 2.33. The summed E-state index contributed by atoms with van der Waals surface area (Å²) < 4.78 is 0.873. The van der Waals surface area contributed by atoms with Crippen molar-refractivity contribution in [2.45, 2.75) is 25.2 Å². The number of nitrogens with one attached hydrogen (secondary N) is 1. The van der Waals surface area contributed by atoms with Gasteiger partial charge in [0.15, 0.2) is 6.10 Å². The minimum Gasteiger partial charge on any atom is -0.382 e. The molecular formula is C19H18BrN3O3. The second-order valence-electron chi connectivity index (χ2n) is 6.45. The summed E-state index contributed by atoms with van der Waals surface area (Å²) in [5, 5.41) is 20.9. The predicted molar refractivity (Wildman–Crippen MR) is 100 cm³/mol. The van der Waals surface area contributed by atoms with Crippen molar-refractivity contribution in [2.75, 3.05) is 6.54 Å². The maximum Gasteiger partial charge on any atom is 0.254 e. The lowest BCUT2D eigenvalue weighted by Crippen LogP contribution is -2.44. The van der Waals surface area contributed by atoms with Crippen molar-refractivity contribution in [3.05, 3.63) is 63.9 Å². The fraction of sp³-hybridized carbons (Fsp3) is 0.263. The number of halogens is 1. The summed E-state index contributed by atoms with van der Waals surface area (Å²) in [7, 11) is 0. The molecule has 1 aliphatic heterocycles. The first kappa shape index (κ1) is 17.2. The lowest BCUT2D eigenvalue weighted by molar-refractivity contribution is -0.147. The molecule has 26 heavy (non-hydrogen) atoms. The van der Waals surface area contributed by atoms with Crippen molar-refractivity contribution < 1.29 is 15.0 Å². The van der Waals surface area contributed by atoms with Gasteiger partial charge in [0, 0.05) is 17.6 Å². The molecule has 7 heteroatoms. The van der Waals surface area contributed by atoms with Gasteiger partial charge in [-0.15, -0.1) is 0 Å². The van der Waals surface area contributed by atoms with Gasteiger partial charge in [-0.3, -0.25) is 4.79 Å². The molecule has 0 unspecified atom stereocenters. The highest BCUT2D eigenvalue weighted by molar-refractivity contribution is 9.10. The number of benzene rings is 2. The molecule has 1 aliphatic rings. The smallest absolute Gasteiger partial charge is 0.254 e. The molecule has 0 saturated heterocycles. The van der Waals surface area contributed by atoms with Gasteiger partial charge in [0.2, 0.25) is 0 Å². The van der Waals surface area contributed by atoms with Crippen LogP contribution in [-0.2, 0) is 17.8 Å². The average Bonchev–Trinajstić information content (AvgIpc) is 3.09. The van der Waals surface area contributed by atoms with Crippen molar-refractivity contribution in [2.24, 2.45) is 0 Å². The van der Waals surface area contributed by atoms with Crippen LogP contribution in [-0.4, -0.2) is 43.6 Å². The molecule has 2 atom stereocenters. The molecular weight excluding hydrogens is 398 g/mol.